The molecule has 1 aromatic heterocycles. The Balaban J connectivity index is 2.17. The highest BCUT2D eigenvalue weighted by Crippen LogP contribution is 2.31. The standard InChI is InChI=1S/C21H18N2O5/c1-2-11-3-5-12(6-4-11)13-7-9-14(10-8-13)15-16(20(25)26)18(22)23-19(24)17(15)21(27)28/h3-10H,2H2,1H3,(H,25,26)(H,27,28)(H3,22,23,24). The third kappa shape index (κ3) is 3.37. The number of hydrogen-bond acceptors (Lipinski definition) is 4. The maximum Gasteiger partial charge on any atom is 0.342 e. The van der Waals surface area contributed by atoms with Gasteiger partial charge in [0.1, 0.15) is 16.9 Å². The molecule has 0 atom stereocenters. The van der Waals surface area contributed by atoms with Gasteiger partial charge in [-0.05, 0) is 28.7 Å². The Bertz CT molecular complexity index is 1110. The number of aromatic nitrogens is 1. The Hall–Kier alpha value is -3.87. The number of pyridine rings is 1. The van der Waals surface area contributed by atoms with Crippen LogP contribution >= 0.6 is 0 Å². The van der Waals surface area contributed by atoms with E-state index in [2.05, 4.69) is 11.9 Å². The Kier molecular flexibility index (Phi) is 5.00. The Morgan fingerprint density at radius 3 is 1.79 bits per heavy atom. The monoisotopic (exact) mass is 378 g/mol. The zero-order chi connectivity index (χ0) is 20.4. The first-order valence-corrected chi connectivity index (χ1v) is 8.55. The van der Waals surface area contributed by atoms with E-state index >= 15 is 0 Å². The van der Waals surface area contributed by atoms with Crippen molar-refractivity contribution in [1.29, 1.82) is 0 Å². The van der Waals surface area contributed by atoms with E-state index in [0.717, 1.165) is 17.5 Å². The molecule has 0 bridgehead atoms. The Labute approximate surface area is 160 Å². The van der Waals surface area contributed by atoms with E-state index in [1.165, 1.54) is 5.56 Å². The van der Waals surface area contributed by atoms with Gasteiger partial charge in [-0.1, -0.05) is 55.5 Å². The smallest absolute Gasteiger partial charge is 0.342 e. The van der Waals surface area contributed by atoms with Crippen molar-refractivity contribution in [3.05, 3.63) is 75.6 Å². The summed E-state index contributed by atoms with van der Waals surface area (Å²) in [6.45, 7) is 2.07. The summed E-state index contributed by atoms with van der Waals surface area (Å²) in [5.41, 5.74) is 6.69. The van der Waals surface area contributed by atoms with Crippen LogP contribution in [0.5, 0.6) is 0 Å². The summed E-state index contributed by atoms with van der Waals surface area (Å²) in [6.07, 6.45) is 0.930. The zero-order valence-corrected chi connectivity index (χ0v) is 15.0. The van der Waals surface area contributed by atoms with Crippen molar-refractivity contribution in [2.75, 3.05) is 5.73 Å². The molecule has 7 nitrogen and oxygen atoms in total. The summed E-state index contributed by atoms with van der Waals surface area (Å²) in [4.78, 5) is 37.4. The van der Waals surface area contributed by atoms with Crippen LogP contribution in [0.3, 0.4) is 0 Å². The number of aryl methyl sites for hydroxylation is 1. The maximum absolute atomic E-state index is 12.1. The first-order chi connectivity index (χ1) is 13.3. The van der Waals surface area contributed by atoms with E-state index in [1.54, 1.807) is 24.3 Å². The second kappa shape index (κ2) is 7.40. The van der Waals surface area contributed by atoms with Crippen LogP contribution in [0, 0.1) is 0 Å². The number of carboxylic acids is 2. The van der Waals surface area contributed by atoms with Crippen molar-refractivity contribution in [1.82, 2.24) is 4.98 Å². The molecule has 3 rings (SSSR count). The van der Waals surface area contributed by atoms with Crippen LogP contribution in [0.15, 0.2) is 53.3 Å². The lowest BCUT2D eigenvalue weighted by Gasteiger charge is -2.12. The minimum atomic E-state index is -1.53. The van der Waals surface area contributed by atoms with E-state index < -0.39 is 34.4 Å². The summed E-state index contributed by atoms with van der Waals surface area (Å²) in [5.74, 6) is -3.35. The molecule has 0 aliphatic rings. The Morgan fingerprint density at radius 2 is 1.32 bits per heavy atom. The quantitative estimate of drug-likeness (QED) is 0.538. The van der Waals surface area contributed by atoms with Crippen LogP contribution in [-0.4, -0.2) is 27.1 Å². The number of rotatable bonds is 5. The number of anilines is 1. The third-order valence-electron chi connectivity index (χ3n) is 4.54. The lowest BCUT2D eigenvalue weighted by molar-refractivity contribution is 0.0695. The number of carbonyl (C=O) groups is 2. The molecule has 0 saturated carbocycles. The predicted octanol–water partition coefficient (Wildman–Crippen LogP) is 3.25. The van der Waals surface area contributed by atoms with E-state index in [9.17, 15) is 24.6 Å². The van der Waals surface area contributed by atoms with Crippen molar-refractivity contribution >= 4 is 17.8 Å². The van der Waals surface area contributed by atoms with E-state index in [0.29, 0.717) is 0 Å². The van der Waals surface area contributed by atoms with Crippen LogP contribution in [0.1, 0.15) is 33.2 Å². The van der Waals surface area contributed by atoms with Gasteiger partial charge < -0.3 is 20.9 Å². The highest BCUT2D eigenvalue weighted by Gasteiger charge is 2.26. The number of aromatic carboxylic acids is 2. The zero-order valence-electron chi connectivity index (χ0n) is 15.0. The predicted molar refractivity (Wildman–Crippen MR) is 106 cm³/mol. The maximum atomic E-state index is 12.1. The molecule has 0 unspecified atom stereocenters. The molecular weight excluding hydrogens is 360 g/mol. The Morgan fingerprint density at radius 1 is 0.857 bits per heavy atom. The van der Waals surface area contributed by atoms with Crippen LogP contribution in [0.4, 0.5) is 5.82 Å². The molecule has 0 fully saturated rings. The average molecular weight is 378 g/mol. The third-order valence-corrected chi connectivity index (χ3v) is 4.54. The number of H-pyrrole nitrogens is 1. The molecule has 0 aliphatic heterocycles. The number of carboxylic acid groups (broad SMARTS) is 2. The molecule has 28 heavy (non-hydrogen) atoms. The molecule has 1 heterocycles. The normalized spacial score (nSPS) is 10.6. The minimum Gasteiger partial charge on any atom is -0.478 e. The topological polar surface area (TPSA) is 133 Å². The number of hydrogen-bond donors (Lipinski definition) is 4. The number of nitrogen functional groups attached to an aromatic ring is 1. The summed E-state index contributed by atoms with van der Waals surface area (Å²) < 4.78 is 0. The van der Waals surface area contributed by atoms with Crippen molar-refractivity contribution in [3.63, 3.8) is 0 Å². The van der Waals surface area contributed by atoms with Gasteiger partial charge in [0, 0.05) is 5.56 Å². The number of nitrogens with two attached hydrogens (primary N) is 1. The second-order valence-corrected chi connectivity index (χ2v) is 6.23. The van der Waals surface area contributed by atoms with Crippen LogP contribution < -0.4 is 11.3 Å². The molecule has 0 amide bonds. The van der Waals surface area contributed by atoms with Gasteiger partial charge in [0.05, 0.1) is 0 Å². The fraction of sp³-hybridized carbons (Fsp3) is 0.0952. The largest absolute Gasteiger partial charge is 0.478 e. The summed E-state index contributed by atoms with van der Waals surface area (Å²) in [7, 11) is 0. The van der Waals surface area contributed by atoms with Gasteiger partial charge in [0.15, 0.2) is 0 Å². The van der Waals surface area contributed by atoms with Gasteiger partial charge in [-0.3, -0.25) is 4.79 Å². The van der Waals surface area contributed by atoms with Crippen LogP contribution in [0.2, 0.25) is 0 Å². The molecule has 0 aliphatic carbocycles. The van der Waals surface area contributed by atoms with E-state index in [4.69, 9.17) is 5.73 Å². The highest BCUT2D eigenvalue weighted by atomic mass is 16.4. The van der Waals surface area contributed by atoms with Crippen LogP contribution in [-0.2, 0) is 6.42 Å². The summed E-state index contributed by atoms with van der Waals surface area (Å²) >= 11 is 0. The fourth-order valence-corrected chi connectivity index (χ4v) is 3.10. The molecule has 0 radical (unpaired) electrons. The van der Waals surface area contributed by atoms with Gasteiger partial charge in [0.25, 0.3) is 5.56 Å². The lowest BCUT2D eigenvalue weighted by atomic mass is 9.93. The van der Waals surface area contributed by atoms with Gasteiger partial charge >= 0.3 is 11.9 Å². The van der Waals surface area contributed by atoms with E-state index in [1.807, 2.05) is 24.3 Å². The van der Waals surface area contributed by atoms with Crippen LogP contribution in [0.25, 0.3) is 22.3 Å². The molecular formula is C21H18N2O5. The van der Waals surface area contributed by atoms with Crippen molar-refractivity contribution < 1.29 is 19.8 Å². The summed E-state index contributed by atoms with van der Waals surface area (Å²) in [5, 5.41) is 18.9. The van der Waals surface area contributed by atoms with E-state index in [-0.39, 0.29) is 11.1 Å². The van der Waals surface area contributed by atoms with Crippen molar-refractivity contribution in [2.24, 2.45) is 0 Å². The van der Waals surface area contributed by atoms with Crippen molar-refractivity contribution in [2.45, 2.75) is 13.3 Å². The lowest BCUT2D eigenvalue weighted by Crippen LogP contribution is -2.24. The molecule has 5 N–H and O–H groups in total. The van der Waals surface area contributed by atoms with Gasteiger partial charge in [0.2, 0.25) is 0 Å². The number of nitrogens with one attached hydrogen (secondary N) is 1. The SMILES string of the molecule is CCc1ccc(-c2ccc(-c3c(C(=O)O)c(N)[nH]c(=O)c3C(=O)O)cc2)cc1. The molecule has 0 saturated heterocycles. The molecule has 142 valence electrons. The fourth-order valence-electron chi connectivity index (χ4n) is 3.10. The van der Waals surface area contributed by atoms with Gasteiger partial charge in [-0.2, -0.15) is 0 Å². The molecule has 0 spiro atoms. The van der Waals surface area contributed by atoms with Gasteiger partial charge in [-0.15, -0.1) is 0 Å². The summed E-state index contributed by atoms with van der Waals surface area (Å²) in [6, 6.07) is 14.6. The molecule has 3 aromatic rings. The van der Waals surface area contributed by atoms with Crippen molar-refractivity contribution in [3.8, 4) is 22.3 Å². The number of aromatic amines is 1. The molecule has 2 aromatic carbocycles. The first-order valence-electron chi connectivity index (χ1n) is 8.55. The average Bonchev–Trinajstić information content (AvgIpc) is 2.67. The highest BCUT2D eigenvalue weighted by molar-refractivity contribution is 6.07. The molecule has 7 heteroatoms. The van der Waals surface area contributed by atoms with Gasteiger partial charge in [-0.25, -0.2) is 9.59 Å². The second-order valence-electron chi connectivity index (χ2n) is 6.23. The first kappa shape index (κ1) is 18.9. The minimum absolute atomic E-state index is 0.214. The number of benzene rings is 2.